The smallest absolute Gasteiger partial charge is 0.254 e. The highest BCUT2D eigenvalue weighted by Crippen LogP contribution is 2.31. The molecule has 6 nitrogen and oxygen atoms in total. The number of nitrogens with zero attached hydrogens (tertiary/aromatic N) is 3. The van der Waals surface area contributed by atoms with Gasteiger partial charge in [0, 0.05) is 38.9 Å². The van der Waals surface area contributed by atoms with Gasteiger partial charge in [-0.2, -0.15) is 0 Å². The average molecular weight is 397 g/mol. The molecular formula is C22H24FN3O3. The summed E-state index contributed by atoms with van der Waals surface area (Å²) in [5.41, 5.74) is 1.83. The van der Waals surface area contributed by atoms with E-state index in [0.717, 1.165) is 18.8 Å². The van der Waals surface area contributed by atoms with Crippen LogP contribution in [0.2, 0.25) is 0 Å². The first-order chi connectivity index (χ1) is 14.0. The van der Waals surface area contributed by atoms with Crippen molar-refractivity contribution < 1.29 is 18.7 Å². The fourth-order valence-corrected chi connectivity index (χ4v) is 3.98. The van der Waals surface area contributed by atoms with Crippen molar-refractivity contribution in [3.05, 3.63) is 66.0 Å². The van der Waals surface area contributed by atoms with Gasteiger partial charge >= 0.3 is 0 Å². The average Bonchev–Trinajstić information content (AvgIpc) is 2.76. The first kappa shape index (κ1) is 19.4. The van der Waals surface area contributed by atoms with Gasteiger partial charge in [0.15, 0.2) is 6.10 Å². The van der Waals surface area contributed by atoms with E-state index < -0.39 is 12.1 Å². The summed E-state index contributed by atoms with van der Waals surface area (Å²) in [6.45, 7) is 2.51. The van der Waals surface area contributed by atoms with Crippen LogP contribution in [0, 0.1) is 5.82 Å². The predicted octanol–water partition coefficient (Wildman–Crippen LogP) is 2.07. The van der Waals surface area contributed by atoms with Crippen LogP contribution in [0.15, 0.2) is 54.6 Å². The zero-order valence-electron chi connectivity index (χ0n) is 16.3. The third kappa shape index (κ3) is 3.96. The van der Waals surface area contributed by atoms with Crippen LogP contribution in [0.5, 0.6) is 0 Å². The van der Waals surface area contributed by atoms with Crippen LogP contribution in [0.3, 0.4) is 0 Å². The molecule has 0 spiro atoms. The molecule has 2 aromatic carbocycles. The van der Waals surface area contributed by atoms with E-state index in [1.165, 1.54) is 17.0 Å². The predicted molar refractivity (Wildman–Crippen MR) is 107 cm³/mol. The Morgan fingerprint density at radius 3 is 2.31 bits per heavy atom. The molecule has 0 N–H and O–H groups in total. The van der Waals surface area contributed by atoms with Crippen LogP contribution < -0.4 is 4.90 Å². The van der Waals surface area contributed by atoms with Gasteiger partial charge in [0.05, 0.1) is 6.04 Å². The van der Waals surface area contributed by atoms with Gasteiger partial charge in [0.1, 0.15) is 12.4 Å². The third-order valence-corrected chi connectivity index (χ3v) is 5.65. The van der Waals surface area contributed by atoms with Crippen LogP contribution in [-0.2, 0) is 14.3 Å². The van der Waals surface area contributed by atoms with Crippen LogP contribution >= 0.6 is 0 Å². The molecule has 7 heteroatoms. The van der Waals surface area contributed by atoms with Crippen LogP contribution in [-0.4, -0.2) is 67.6 Å². The van der Waals surface area contributed by atoms with Crippen molar-refractivity contribution >= 4 is 17.5 Å². The molecule has 0 saturated carbocycles. The first-order valence-corrected chi connectivity index (χ1v) is 9.76. The zero-order chi connectivity index (χ0) is 20.4. The number of carbonyl (C=O) groups excluding carboxylic acids is 2. The lowest BCUT2D eigenvalue weighted by molar-refractivity contribution is -0.167. The summed E-state index contributed by atoms with van der Waals surface area (Å²) in [6, 6.07) is 15.4. The van der Waals surface area contributed by atoms with Crippen LogP contribution in [0.1, 0.15) is 11.6 Å². The third-order valence-electron chi connectivity index (χ3n) is 5.65. The summed E-state index contributed by atoms with van der Waals surface area (Å²) in [5, 5.41) is 0. The van der Waals surface area contributed by atoms with E-state index in [2.05, 4.69) is 17.0 Å². The number of rotatable bonds is 3. The van der Waals surface area contributed by atoms with Crippen molar-refractivity contribution in [2.75, 3.05) is 44.7 Å². The second-order valence-electron chi connectivity index (χ2n) is 7.38. The number of morpholine rings is 1. The molecule has 2 atom stereocenters. The van der Waals surface area contributed by atoms with Crippen LogP contribution in [0.4, 0.5) is 10.1 Å². The minimum atomic E-state index is -0.800. The second-order valence-corrected chi connectivity index (χ2v) is 7.38. The molecule has 2 aliphatic heterocycles. The number of halogens is 1. The fraction of sp³-hybridized carbons (Fsp3) is 0.364. The number of carbonyl (C=O) groups is 2. The van der Waals surface area contributed by atoms with Crippen LogP contribution in [0.25, 0.3) is 0 Å². The van der Waals surface area contributed by atoms with E-state index in [4.69, 9.17) is 4.74 Å². The van der Waals surface area contributed by atoms with E-state index in [1.54, 1.807) is 24.1 Å². The highest BCUT2D eigenvalue weighted by atomic mass is 19.1. The first-order valence-electron chi connectivity index (χ1n) is 9.76. The Kier molecular flexibility index (Phi) is 5.49. The fourth-order valence-electron chi connectivity index (χ4n) is 3.98. The Bertz CT molecular complexity index is 867. The monoisotopic (exact) mass is 397 g/mol. The zero-order valence-corrected chi connectivity index (χ0v) is 16.3. The Labute approximate surface area is 169 Å². The van der Waals surface area contributed by atoms with E-state index in [1.807, 2.05) is 18.2 Å². The number of benzene rings is 2. The lowest BCUT2D eigenvalue weighted by atomic mass is 9.97. The molecule has 0 aliphatic carbocycles. The number of amides is 2. The van der Waals surface area contributed by atoms with Gasteiger partial charge in [-0.15, -0.1) is 0 Å². The summed E-state index contributed by atoms with van der Waals surface area (Å²) < 4.78 is 19.1. The molecule has 29 heavy (non-hydrogen) atoms. The molecule has 2 aliphatic rings. The van der Waals surface area contributed by atoms with Crippen molar-refractivity contribution in [3.63, 3.8) is 0 Å². The maximum absolute atomic E-state index is 13.4. The summed E-state index contributed by atoms with van der Waals surface area (Å²) in [6.07, 6.45) is -0.800. The second kappa shape index (κ2) is 8.21. The molecule has 0 bridgehead atoms. The summed E-state index contributed by atoms with van der Waals surface area (Å²) in [7, 11) is 1.66. The largest absolute Gasteiger partial charge is 0.368 e. The van der Waals surface area contributed by atoms with Gasteiger partial charge in [-0.1, -0.05) is 30.3 Å². The van der Waals surface area contributed by atoms with E-state index in [0.29, 0.717) is 18.7 Å². The Morgan fingerprint density at radius 2 is 1.66 bits per heavy atom. The van der Waals surface area contributed by atoms with E-state index in [-0.39, 0.29) is 24.2 Å². The van der Waals surface area contributed by atoms with Crippen molar-refractivity contribution in [3.8, 4) is 0 Å². The topological polar surface area (TPSA) is 53.1 Å². The Morgan fingerprint density at radius 1 is 1.00 bits per heavy atom. The number of piperazine rings is 1. The van der Waals surface area contributed by atoms with Crippen molar-refractivity contribution in [2.45, 2.75) is 12.1 Å². The number of likely N-dealkylation sites (N-methyl/N-ethyl adjacent to an activating group) is 1. The molecule has 0 unspecified atom stereocenters. The molecular weight excluding hydrogens is 373 g/mol. The van der Waals surface area contributed by atoms with Gasteiger partial charge in [0.2, 0.25) is 5.91 Å². The van der Waals surface area contributed by atoms with E-state index >= 15 is 0 Å². The van der Waals surface area contributed by atoms with Crippen molar-refractivity contribution in [2.24, 2.45) is 0 Å². The lowest BCUT2D eigenvalue weighted by Crippen LogP contribution is -2.57. The number of hydrogen-bond acceptors (Lipinski definition) is 4. The van der Waals surface area contributed by atoms with Crippen molar-refractivity contribution in [1.29, 1.82) is 0 Å². The standard InChI is InChI=1S/C22H24FN3O3/c1-24-19(27)15-29-21(20(24)16-7-9-17(23)10-8-16)22(28)26-13-11-25(12-14-26)18-5-3-2-4-6-18/h2-10,20-21H,11-15H2,1H3/t20-,21+/m0/s1. The minimum absolute atomic E-state index is 0.130. The number of anilines is 1. The molecule has 2 aromatic rings. The highest BCUT2D eigenvalue weighted by molar-refractivity contribution is 5.86. The summed E-state index contributed by atoms with van der Waals surface area (Å²) >= 11 is 0. The maximum Gasteiger partial charge on any atom is 0.254 e. The summed E-state index contributed by atoms with van der Waals surface area (Å²) in [5.74, 6) is -0.692. The van der Waals surface area contributed by atoms with E-state index in [9.17, 15) is 14.0 Å². The SMILES string of the molecule is CN1C(=O)CO[C@@H](C(=O)N2CCN(c3ccccc3)CC2)[C@@H]1c1ccc(F)cc1. The number of para-hydroxylation sites is 1. The Balaban J connectivity index is 1.49. The van der Waals surface area contributed by atoms with Gasteiger partial charge in [0.25, 0.3) is 5.91 Å². The van der Waals surface area contributed by atoms with Gasteiger partial charge in [-0.25, -0.2) is 4.39 Å². The maximum atomic E-state index is 13.4. The van der Waals surface area contributed by atoms with Gasteiger partial charge < -0.3 is 19.4 Å². The quantitative estimate of drug-likeness (QED) is 0.796. The lowest BCUT2D eigenvalue weighted by Gasteiger charge is -2.42. The molecule has 2 amide bonds. The molecule has 2 heterocycles. The van der Waals surface area contributed by atoms with Gasteiger partial charge in [-0.05, 0) is 29.8 Å². The molecule has 2 fully saturated rings. The molecule has 0 radical (unpaired) electrons. The molecule has 2 saturated heterocycles. The van der Waals surface area contributed by atoms with Gasteiger partial charge in [-0.3, -0.25) is 9.59 Å². The minimum Gasteiger partial charge on any atom is -0.368 e. The molecule has 4 rings (SSSR count). The highest BCUT2D eigenvalue weighted by Gasteiger charge is 2.42. The van der Waals surface area contributed by atoms with Crippen molar-refractivity contribution in [1.82, 2.24) is 9.80 Å². The number of hydrogen-bond donors (Lipinski definition) is 0. The Hall–Kier alpha value is -2.93. The molecule has 152 valence electrons. The normalized spacial score (nSPS) is 22.7. The number of ether oxygens (including phenoxy) is 1. The molecule has 0 aromatic heterocycles. The summed E-state index contributed by atoms with van der Waals surface area (Å²) in [4.78, 5) is 31.0.